The fourth-order valence-corrected chi connectivity index (χ4v) is 0.916. The van der Waals surface area contributed by atoms with Gasteiger partial charge in [-0.05, 0) is 13.8 Å². The summed E-state index contributed by atoms with van der Waals surface area (Å²) in [6.07, 6.45) is 1.56. The van der Waals surface area contributed by atoms with Crippen molar-refractivity contribution in [2.24, 2.45) is 0 Å². The monoisotopic (exact) mass is 167 g/mol. The lowest BCUT2D eigenvalue weighted by molar-refractivity contribution is 0.0802. The Morgan fingerprint density at radius 1 is 1.75 bits per heavy atom. The van der Waals surface area contributed by atoms with Crippen molar-refractivity contribution in [1.29, 1.82) is 0 Å². The number of hydrogen-bond acceptors (Lipinski definition) is 2. The van der Waals surface area contributed by atoms with Crippen molar-refractivity contribution < 1.29 is 4.79 Å². The summed E-state index contributed by atoms with van der Waals surface area (Å²) < 4.78 is 0. The Kier molecular flexibility index (Phi) is 2.47. The first-order valence-corrected chi connectivity index (χ1v) is 3.92. The van der Waals surface area contributed by atoms with Crippen LogP contribution in [0.25, 0.3) is 0 Å². The van der Waals surface area contributed by atoms with E-state index in [-0.39, 0.29) is 5.91 Å². The molecule has 1 rings (SSSR count). The molecular weight excluding hydrogens is 154 g/mol. The molecule has 0 saturated carbocycles. The predicted octanol–water partition coefficient (Wildman–Crippen LogP) is 0.810. The van der Waals surface area contributed by atoms with Gasteiger partial charge in [0.15, 0.2) is 0 Å². The van der Waals surface area contributed by atoms with E-state index in [1.807, 2.05) is 13.8 Å². The number of carbonyl (C=O) groups is 1. The third kappa shape index (κ3) is 1.47. The summed E-state index contributed by atoms with van der Waals surface area (Å²) in [4.78, 5) is 13.2. The molecule has 4 nitrogen and oxygen atoms in total. The van der Waals surface area contributed by atoms with Crippen LogP contribution in [0.5, 0.6) is 0 Å². The van der Waals surface area contributed by atoms with Gasteiger partial charge in [-0.3, -0.25) is 9.89 Å². The fraction of sp³-hybridized carbons (Fsp3) is 0.500. The Balaban J connectivity index is 2.85. The molecule has 0 radical (unpaired) electrons. The maximum absolute atomic E-state index is 11.5. The number of carbonyl (C=O) groups excluding carboxylic acids is 1. The SMILES string of the molecule is CCN(C)C(=O)c1cn[nH]c1C. The lowest BCUT2D eigenvalue weighted by atomic mass is 10.2. The second-order valence-corrected chi connectivity index (χ2v) is 2.73. The van der Waals surface area contributed by atoms with Crippen LogP contribution in [0.1, 0.15) is 23.0 Å². The van der Waals surface area contributed by atoms with Gasteiger partial charge >= 0.3 is 0 Å². The van der Waals surface area contributed by atoms with Crippen LogP contribution in [0, 0.1) is 6.92 Å². The third-order valence-electron chi connectivity index (χ3n) is 1.88. The number of H-pyrrole nitrogens is 1. The molecule has 0 fully saturated rings. The van der Waals surface area contributed by atoms with Crippen molar-refractivity contribution in [2.75, 3.05) is 13.6 Å². The number of rotatable bonds is 2. The minimum absolute atomic E-state index is 0.0174. The minimum atomic E-state index is 0.0174. The average Bonchev–Trinajstić information content (AvgIpc) is 2.48. The van der Waals surface area contributed by atoms with Crippen molar-refractivity contribution in [1.82, 2.24) is 15.1 Å². The topological polar surface area (TPSA) is 49.0 Å². The van der Waals surface area contributed by atoms with Gasteiger partial charge in [0, 0.05) is 19.3 Å². The highest BCUT2D eigenvalue weighted by atomic mass is 16.2. The number of nitrogens with zero attached hydrogens (tertiary/aromatic N) is 2. The Labute approximate surface area is 71.6 Å². The number of aromatic amines is 1. The summed E-state index contributed by atoms with van der Waals surface area (Å²) in [7, 11) is 1.77. The van der Waals surface area contributed by atoms with Gasteiger partial charge in [-0.25, -0.2) is 0 Å². The average molecular weight is 167 g/mol. The molecule has 1 aromatic rings. The lowest BCUT2D eigenvalue weighted by Crippen LogP contribution is -2.26. The van der Waals surface area contributed by atoms with Crippen molar-refractivity contribution in [3.8, 4) is 0 Å². The summed E-state index contributed by atoms with van der Waals surface area (Å²) in [5, 5.41) is 6.52. The van der Waals surface area contributed by atoms with Gasteiger partial charge in [-0.2, -0.15) is 5.10 Å². The molecule has 4 heteroatoms. The largest absolute Gasteiger partial charge is 0.342 e. The molecule has 0 aliphatic carbocycles. The van der Waals surface area contributed by atoms with Crippen LogP contribution in [0.15, 0.2) is 6.20 Å². The highest BCUT2D eigenvalue weighted by Crippen LogP contribution is 2.05. The van der Waals surface area contributed by atoms with E-state index in [2.05, 4.69) is 10.2 Å². The first-order chi connectivity index (χ1) is 5.66. The molecule has 0 aliphatic heterocycles. The van der Waals surface area contributed by atoms with Crippen molar-refractivity contribution in [3.05, 3.63) is 17.5 Å². The molecule has 1 aromatic heterocycles. The van der Waals surface area contributed by atoms with Gasteiger partial charge in [0.1, 0.15) is 0 Å². The molecule has 12 heavy (non-hydrogen) atoms. The maximum Gasteiger partial charge on any atom is 0.257 e. The zero-order valence-electron chi connectivity index (χ0n) is 7.59. The summed E-state index contributed by atoms with van der Waals surface area (Å²) in [5.41, 5.74) is 1.47. The van der Waals surface area contributed by atoms with Crippen LogP contribution in [0.2, 0.25) is 0 Å². The molecule has 0 unspecified atom stereocenters. The normalized spacial score (nSPS) is 9.92. The lowest BCUT2D eigenvalue weighted by Gasteiger charge is -2.13. The number of aromatic nitrogens is 2. The van der Waals surface area contributed by atoms with Crippen LogP contribution in [0.3, 0.4) is 0 Å². The van der Waals surface area contributed by atoms with Crippen LogP contribution < -0.4 is 0 Å². The van der Waals surface area contributed by atoms with Gasteiger partial charge in [0.25, 0.3) is 5.91 Å². The molecule has 1 N–H and O–H groups in total. The number of aryl methyl sites for hydroxylation is 1. The highest BCUT2D eigenvalue weighted by Gasteiger charge is 2.13. The number of nitrogens with one attached hydrogen (secondary N) is 1. The molecule has 1 heterocycles. The maximum atomic E-state index is 11.5. The molecule has 0 spiro atoms. The molecule has 0 saturated heterocycles. The van der Waals surface area contributed by atoms with E-state index >= 15 is 0 Å². The second kappa shape index (κ2) is 3.38. The van der Waals surface area contributed by atoms with Gasteiger partial charge in [0.05, 0.1) is 11.8 Å². The molecular formula is C8H13N3O. The van der Waals surface area contributed by atoms with E-state index in [4.69, 9.17) is 0 Å². The van der Waals surface area contributed by atoms with E-state index in [1.165, 1.54) is 0 Å². The van der Waals surface area contributed by atoms with Gasteiger partial charge in [0.2, 0.25) is 0 Å². The highest BCUT2D eigenvalue weighted by molar-refractivity contribution is 5.94. The molecule has 0 bridgehead atoms. The van der Waals surface area contributed by atoms with Gasteiger partial charge in [-0.15, -0.1) is 0 Å². The zero-order chi connectivity index (χ0) is 9.14. The first kappa shape index (κ1) is 8.77. The molecule has 1 amide bonds. The van der Waals surface area contributed by atoms with Crippen molar-refractivity contribution in [3.63, 3.8) is 0 Å². The number of hydrogen-bond donors (Lipinski definition) is 1. The Bertz CT molecular complexity index is 280. The van der Waals surface area contributed by atoms with E-state index in [0.29, 0.717) is 12.1 Å². The van der Waals surface area contributed by atoms with Crippen molar-refractivity contribution >= 4 is 5.91 Å². The van der Waals surface area contributed by atoms with Crippen LogP contribution >= 0.6 is 0 Å². The summed E-state index contributed by atoms with van der Waals surface area (Å²) in [5.74, 6) is 0.0174. The van der Waals surface area contributed by atoms with E-state index < -0.39 is 0 Å². The minimum Gasteiger partial charge on any atom is -0.342 e. The molecule has 66 valence electrons. The fourth-order valence-electron chi connectivity index (χ4n) is 0.916. The first-order valence-electron chi connectivity index (χ1n) is 3.92. The van der Waals surface area contributed by atoms with E-state index in [1.54, 1.807) is 18.1 Å². The van der Waals surface area contributed by atoms with Crippen molar-refractivity contribution in [2.45, 2.75) is 13.8 Å². The zero-order valence-corrected chi connectivity index (χ0v) is 7.59. The summed E-state index contributed by atoms with van der Waals surface area (Å²) >= 11 is 0. The Morgan fingerprint density at radius 3 is 2.83 bits per heavy atom. The number of amides is 1. The smallest absolute Gasteiger partial charge is 0.257 e. The molecule has 0 aromatic carbocycles. The summed E-state index contributed by atoms with van der Waals surface area (Å²) in [6.45, 7) is 4.49. The van der Waals surface area contributed by atoms with E-state index in [0.717, 1.165) is 5.69 Å². The standard InChI is InChI=1S/C8H13N3O/c1-4-11(3)8(12)7-5-9-10-6(7)2/h5H,4H2,1-3H3,(H,9,10). The third-order valence-corrected chi connectivity index (χ3v) is 1.88. The Hall–Kier alpha value is -1.32. The van der Waals surface area contributed by atoms with Crippen LogP contribution in [0.4, 0.5) is 0 Å². The molecule has 0 aliphatic rings. The predicted molar refractivity (Wildman–Crippen MR) is 46.0 cm³/mol. The molecule has 0 atom stereocenters. The van der Waals surface area contributed by atoms with Crippen LogP contribution in [-0.2, 0) is 0 Å². The van der Waals surface area contributed by atoms with E-state index in [9.17, 15) is 4.79 Å². The van der Waals surface area contributed by atoms with Crippen LogP contribution in [-0.4, -0.2) is 34.6 Å². The second-order valence-electron chi connectivity index (χ2n) is 2.73. The summed E-state index contributed by atoms with van der Waals surface area (Å²) in [6, 6.07) is 0. The quantitative estimate of drug-likeness (QED) is 0.708. The Morgan fingerprint density at radius 2 is 2.42 bits per heavy atom. The van der Waals surface area contributed by atoms with Gasteiger partial charge in [-0.1, -0.05) is 0 Å². The van der Waals surface area contributed by atoms with Gasteiger partial charge < -0.3 is 4.90 Å².